The fraction of sp³-hybridized carbons (Fsp3) is 1.00. The minimum atomic E-state index is 0.0335. The molecule has 1 heterocycles. The molecule has 0 aromatic heterocycles. The molecule has 0 saturated carbocycles. The predicted octanol–water partition coefficient (Wildman–Crippen LogP) is 2.68. The Kier molecular flexibility index (Phi) is 4.20. The Bertz CT molecular complexity index is 147. The molecule has 0 aromatic rings. The molecular weight excluding hydrogens is 164 g/mol. The second-order valence-corrected chi connectivity index (χ2v) is 4.06. The lowest BCUT2D eigenvalue weighted by Crippen LogP contribution is -2.41. The van der Waals surface area contributed by atoms with E-state index in [2.05, 4.69) is 20.8 Å². The number of rotatable bonds is 3. The van der Waals surface area contributed by atoms with E-state index in [4.69, 9.17) is 9.47 Å². The third-order valence-corrected chi connectivity index (χ3v) is 3.33. The number of methoxy groups -OCH3 is 1. The van der Waals surface area contributed by atoms with Gasteiger partial charge < -0.3 is 9.47 Å². The van der Waals surface area contributed by atoms with Gasteiger partial charge in [0.25, 0.3) is 0 Å². The van der Waals surface area contributed by atoms with Crippen LogP contribution in [0.15, 0.2) is 0 Å². The lowest BCUT2D eigenvalue weighted by Gasteiger charge is -2.40. The number of hydrogen-bond donors (Lipinski definition) is 0. The molecule has 0 amide bonds. The normalized spacial score (nSPS) is 40.6. The van der Waals surface area contributed by atoms with Crippen LogP contribution in [-0.2, 0) is 9.47 Å². The van der Waals surface area contributed by atoms with E-state index in [1.54, 1.807) is 7.11 Å². The molecule has 0 spiro atoms. The Morgan fingerprint density at radius 2 is 1.85 bits per heavy atom. The van der Waals surface area contributed by atoms with Crippen LogP contribution in [0.1, 0.15) is 33.6 Å². The van der Waals surface area contributed by atoms with Gasteiger partial charge in [-0.25, -0.2) is 0 Å². The molecule has 4 atom stereocenters. The van der Waals surface area contributed by atoms with Crippen molar-refractivity contribution in [3.8, 4) is 0 Å². The average molecular weight is 186 g/mol. The van der Waals surface area contributed by atoms with Crippen LogP contribution < -0.4 is 0 Å². The van der Waals surface area contributed by atoms with Crippen molar-refractivity contribution < 1.29 is 9.47 Å². The maximum atomic E-state index is 5.65. The van der Waals surface area contributed by atoms with Crippen molar-refractivity contribution in [1.82, 2.24) is 0 Å². The first kappa shape index (κ1) is 11.0. The summed E-state index contributed by atoms with van der Waals surface area (Å²) in [6, 6.07) is 0. The highest BCUT2D eigenvalue weighted by Crippen LogP contribution is 2.35. The van der Waals surface area contributed by atoms with E-state index >= 15 is 0 Å². The molecule has 2 heteroatoms. The van der Waals surface area contributed by atoms with Gasteiger partial charge >= 0.3 is 0 Å². The quantitative estimate of drug-likeness (QED) is 0.674. The van der Waals surface area contributed by atoms with Crippen molar-refractivity contribution in [1.29, 1.82) is 0 Å². The van der Waals surface area contributed by atoms with Gasteiger partial charge in [-0.3, -0.25) is 0 Å². The van der Waals surface area contributed by atoms with Gasteiger partial charge in [-0.15, -0.1) is 0 Å². The summed E-state index contributed by atoms with van der Waals surface area (Å²) in [6.45, 7) is 7.62. The first-order chi connectivity index (χ1) is 6.24. The molecule has 1 fully saturated rings. The Morgan fingerprint density at radius 3 is 2.31 bits per heavy atom. The summed E-state index contributed by atoms with van der Waals surface area (Å²) in [5.74, 6) is 2.03. The van der Waals surface area contributed by atoms with Crippen molar-refractivity contribution in [2.75, 3.05) is 13.7 Å². The van der Waals surface area contributed by atoms with Crippen molar-refractivity contribution in [2.24, 2.45) is 17.8 Å². The minimum Gasteiger partial charge on any atom is -0.356 e. The number of hydrogen-bond acceptors (Lipinski definition) is 2. The minimum absolute atomic E-state index is 0.0335. The summed E-state index contributed by atoms with van der Waals surface area (Å²) in [6.07, 6.45) is 2.43. The van der Waals surface area contributed by atoms with E-state index in [1.165, 1.54) is 6.42 Å². The molecule has 1 aliphatic heterocycles. The van der Waals surface area contributed by atoms with E-state index < -0.39 is 0 Å². The summed E-state index contributed by atoms with van der Waals surface area (Å²) in [7, 11) is 1.75. The van der Waals surface area contributed by atoms with E-state index in [-0.39, 0.29) is 6.29 Å². The lowest BCUT2D eigenvalue weighted by atomic mass is 9.77. The van der Waals surface area contributed by atoms with Crippen molar-refractivity contribution in [2.45, 2.75) is 39.9 Å². The molecular formula is C11H22O2. The topological polar surface area (TPSA) is 18.5 Å². The van der Waals surface area contributed by atoms with E-state index in [0.29, 0.717) is 11.8 Å². The molecule has 13 heavy (non-hydrogen) atoms. The second kappa shape index (κ2) is 4.97. The maximum absolute atomic E-state index is 5.65. The number of ether oxygens (including phenoxy) is 2. The van der Waals surface area contributed by atoms with Crippen LogP contribution in [0.5, 0.6) is 0 Å². The van der Waals surface area contributed by atoms with Gasteiger partial charge in [-0.2, -0.15) is 0 Å². The van der Waals surface area contributed by atoms with Crippen molar-refractivity contribution in [3.05, 3.63) is 0 Å². The SMILES string of the molecule is CCC1C(C)COC(OC)C1CC. The van der Waals surface area contributed by atoms with Crippen LogP contribution in [0.2, 0.25) is 0 Å². The fourth-order valence-electron chi connectivity index (χ4n) is 2.56. The highest BCUT2D eigenvalue weighted by atomic mass is 16.7. The molecule has 78 valence electrons. The van der Waals surface area contributed by atoms with Crippen LogP contribution in [0.3, 0.4) is 0 Å². The van der Waals surface area contributed by atoms with Crippen LogP contribution in [-0.4, -0.2) is 20.0 Å². The highest BCUT2D eigenvalue weighted by molar-refractivity contribution is 4.79. The maximum Gasteiger partial charge on any atom is 0.160 e. The first-order valence-corrected chi connectivity index (χ1v) is 5.38. The molecule has 0 aromatic carbocycles. The van der Waals surface area contributed by atoms with Crippen LogP contribution >= 0.6 is 0 Å². The van der Waals surface area contributed by atoms with Gasteiger partial charge in [0.05, 0.1) is 6.61 Å². The third kappa shape index (κ3) is 2.23. The third-order valence-electron chi connectivity index (χ3n) is 3.33. The second-order valence-electron chi connectivity index (χ2n) is 4.06. The van der Waals surface area contributed by atoms with Crippen molar-refractivity contribution >= 4 is 0 Å². The molecule has 2 nitrogen and oxygen atoms in total. The predicted molar refractivity (Wildman–Crippen MR) is 53.5 cm³/mol. The Morgan fingerprint density at radius 1 is 1.23 bits per heavy atom. The van der Waals surface area contributed by atoms with Gasteiger partial charge in [0, 0.05) is 13.0 Å². The molecule has 0 aliphatic carbocycles. The molecule has 1 saturated heterocycles. The van der Waals surface area contributed by atoms with Gasteiger partial charge in [0.2, 0.25) is 0 Å². The van der Waals surface area contributed by atoms with Gasteiger partial charge in [0.15, 0.2) is 6.29 Å². The summed E-state index contributed by atoms with van der Waals surface area (Å²) in [4.78, 5) is 0. The standard InChI is InChI=1S/C11H22O2/c1-5-9-8(3)7-13-11(12-4)10(9)6-2/h8-11H,5-7H2,1-4H3. The zero-order chi connectivity index (χ0) is 9.84. The molecule has 1 aliphatic rings. The van der Waals surface area contributed by atoms with Crippen LogP contribution in [0.4, 0.5) is 0 Å². The molecule has 0 N–H and O–H groups in total. The average Bonchev–Trinajstić information content (AvgIpc) is 2.17. The van der Waals surface area contributed by atoms with Gasteiger partial charge in [0.1, 0.15) is 0 Å². The van der Waals surface area contributed by atoms with Crippen molar-refractivity contribution in [3.63, 3.8) is 0 Å². The summed E-state index contributed by atoms with van der Waals surface area (Å²) >= 11 is 0. The smallest absolute Gasteiger partial charge is 0.160 e. The largest absolute Gasteiger partial charge is 0.356 e. The summed E-state index contributed by atoms with van der Waals surface area (Å²) < 4.78 is 11.0. The summed E-state index contributed by atoms with van der Waals surface area (Å²) in [5.41, 5.74) is 0. The Hall–Kier alpha value is -0.0800. The molecule has 0 bridgehead atoms. The Balaban J connectivity index is 2.64. The van der Waals surface area contributed by atoms with Crippen LogP contribution in [0.25, 0.3) is 0 Å². The zero-order valence-corrected chi connectivity index (χ0v) is 9.25. The molecule has 1 rings (SSSR count). The monoisotopic (exact) mass is 186 g/mol. The summed E-state index contributed by atoms with van der Waals surface area (Å²) in [5, 5.41) is 0. The lowest BCUT2D eigenvalue weighted by molar-refractivity contribution is -0.211. The van der Waals surface area contributed by atoms with Gasteiger partial charge in [-0.1, -0.05) is 27.2 Å². The fourth-order valence-corrected chi connectivity index (χ4v) is 2.56. The first-order valence-electron chi connectivity index (χ1n) is 5.38. The van der Waals surface area contributed by atoms with Gasteiger partial charge in [-0.05, 0) is 18.3 Å². The highest BCUT2D eigenvalue weighted by Gasteiger charge is 2.36. The Labute approximate surface area is 81.6 Å². The van der Waals surface area contributed by atoms with E-state index in [9.17, 15) is 0 Å². The molecule has 0 radical (unpaired) electrons. The van der Waals surface area contributed by atoms with E-state index in [0.717, 1.165) is 18.9 Å². The van der Waals surface area contributed by atoms with E-state index in [1.807, 2.05) is 0 Å². The molecule has 4 unspecified atom stereocenters. The zero-order valence-electron chi connectivity index (χ0n) is 9.25. The van der Waals surface area contributed by atoms with Crippen LogP contribution in [0, 0.1) is 17.8 Å².